The number of rotatable bonds is 8. The molecule has 0 bridgehead atoms. The van der Waals surface area contributed by atoms with Gasteiger partial charge < -0.3 is 20.3 Å². The number of piperidine rings is 1. The summed E-state index contributed by atoms with van der Waals surface area (Å²) < 4.78 is 5.79. The first-order chi connectivity index (χ1) is 12.0. The van der Waals surface area contributed by atoms with Gasteiger partial charge in [-0.15, -0.1) is 24.8 Å². The number of amides is 1. The lowest BCUT2D eigenvalue weighted by atomic mass is 9.92. The molecule has 1 fully saturated rings. The Kier molecular flexibility index (Phi) is 12.7. The molecular weight excluding hydrogens is 385 g/mol. The highest BCUT2D eigenvalue weighted by Gasteiger charge is 2.26. The summed E-state index contributed by atoms with van der Waals surface area (Å²) in [5.74, 6) is 1.32. The summed E-state index contributed by atoms with van der Waals surface area (Å²) in [6.45, 7) is 11.6. The Morgan fingerprint density at radius 1 is 1.26 bits per heavy atom. The summed E-state index contributed by atoms with van der Waals surface area (Å²) in [5, 5.41) is 0. The molecule has 1 aromatic carbocycles. The Labute approximate surface area is 176 Å². The minimum absolute atomic E-state index is 0. The smallest absolute Gasteiger partial charge is 0.253 e. The molecule has 0 spiro atoms. The van der Waals surface area contributed by atoms with E-state index in [0.717, 1.165) is 56.9 Å². The van der Waals surface area contributed by atoms with Crippen LogP contribution in [0.25, 0.3) is 0 Å². The molecule has 0 saturated carbocycles. The van der Waals surface area contributed by atoms with Crippen LogP contribution in [-0.4, -0.2) is 61.1 Å². The first-order valence-corrected chi connectivity index (χ1v) is 9.55. The molecule has 1 amide bonds. The van der Waals surface area contributed by atoms with Crippen molar-refractivity contribution in [1.29, 1.82) is 0 Å². The SMILES string of the molecule is CCN(CC)CCOc1ccc(C(=O)N2CCCC(C(C)N)C2)cc1.Cl.Cl. The summed E-state index contributed by atoms with van der Waals surface area (Å²) >= 11 is 0. The Balaban J connectivity index is 0.00000338. The molecule has 1 saturated heterocycles. The number of benzene rings is 1. The number of likely N-dealkylation sites (N-methyl/N-ethyl adjacent to an activating group) is 1. The Hall–Kier alpha value is -1.01. The summed E-state index contributed by atoms with van der Waals surface area (Å²) in [7, 11) is 0. The lowest BCUT2D eigenvalue weighted by Crippen LogP contribution is -2.45. The van der Waals surface area contributed by atoms with Crippen LogP contribution in [-0.2, 0) is 0 Å². The second-order valence-corrected chi connectivity index (χ2v) is 6.91. The van der Waals surface area contributed by atoms with Crippen LogP contribution in [0, 0.1) is 5.92 Å². The number of halogens is 2. The van der Waals surface area contributed by atoms with E-state index in [0.29, 0.717) is 12.5 Å². The van der Waals surface area contributed by atoms with E-state index >= 15 is 0 Å². The van der Waals surface area contributed by atoms with Crippen molar-refractivity contribution < 1.29 is 9.53 Å². The molecule has 1 aliphatic heterocycles. The minimum Gasteiger partial charge on any atom is -0.492 e. The van der Waals surface area contributed by atoms with Gasteiger partial charge in [0.1, 0.15) is 12.4 Å². The highest BCUT2D eigenvalue weighted by Crippen LogP contribution is 2.21. The van der Waals surface area contributed by atoms with Crippen molar-refractivity contribution >= 4 is 30.7 Å². The molecule has 27 heavy (non-hydrogen) atoms. The van der Waals surface area contributed by atoms with Gasteiger partial charge in [0.05, 0.1) is 0 Å². The zero-order valence-electron chi connectivity index (χ0n) is 16.7. The van der Waals surface area contributed by atoms with Crippen LogP contribution >= 0.6 is 24.8 Å². The summed E-state index contributed by atoms with van der Waals surface area (Å²) in [4.78, 5) is 17.0. The molecule has 1 aliphatic rings. The summed E-state index contributed by atoms with van der Waals surface area (Å²) in [6, 6.07) is 7.65. The Morgan fingerprint density at radius 3 is 2.44 bits per heavy atom. The average molecular weight is 420 g/mol. The van der Waals surface area contributed by atoms with Crippen molar-refractivity contribution in [2.45, 2.75) is 39.7 Å². The fourth-order valence-electron chi connectivity index (χ4n) is 3.33. The number of hydrogen-bond donors (Lipinski definition) is 1. The zero-order valence-corrected chi connectivity index (χ0v) is 18.4. The minimum atomic E-state index is 0. The third-order valence-corrected chi connectivity index (χ3v) is 5.16. The van der Waals surface area contributed by atoms with Gasteiger partial charge in [-0.2, -0.15) is 0 Å². The number of carbonyl (C=O) groups is 1. The Morgan fingerprint density at radius 2 is 1.89 bits per heavy atom. The number of nitrogens with zero attached hydrogens (tertiary/aromatic N) is 2. The lowest BCUT2D eigenvalue weighted by molar-refractivity contribution is 0.0661. The van der Waals surface area contributed by atoms with Gasteiger partial charge in [0, 0.05) is 31.2 Å². The molecule has 1 heterocycles. The number of hydrogen-bond acceptors (Lipinski definition) is 4. The quantitative estimate of drug-likeness (QED) is 0.700. The van der Waals surface area contributed by atoms with E-state index in [1.165, 1.54) is 0 Å². The monoisotopic (exact) mass is 419 g/mol. The van der Waals surface area contributed by atoms with Crippen molar-refractivity contribution in [3.05, 3.63) is 29.8 Å². The molecule has 2 rings (SSSR count). The lowest BCUT2D eigenvalue weighted by Gasteiger charge is -2.34. The fourth-order valence-corrected chi connectivity index (χ4v) is 3.33. The van der Waals surface area contributed by atoms with E-state index in [-0.39, 0.29) is 36.8 Å². The summed E-state index contributed by atoms with van der Waals surface area (Å²) in [6.07, 6.45) is 2.14. The standard InChI is InChI=1S/C20H33N3O2.2ClH/c1-4-22(5-2)13-14-25-19-10-8-17(9-11-19)20(24)23-12-6-7-18(15-23)16(3)21;;/h8-11,16,18H,4-7,12-15,21H2,1-3H3;2*1H. The summed E-state index contributed by atoms with van der Waals surface area (Å²) in [5.41, 5.74) is 6.74. The third-order valence-electron chi connectivity index (χ3n) is 5.16. The molecule has 2 atom stereocenters. The molecule has 0 aliphatic carbocycles. The Bertz CT molecular complexity index is 537. The normalized spacial score (nSPS) is 17.7. The second-order valence-electron chi connectivity index (χ2n) is 6.91. The van der Waals surface area contributed by atoms with Crippen LogP contribution in [0.4, 0.5) is 0 Å². The van der Waals surface area contributed by atoms with Crippen LogP contribution in [0.1, 0.15) is 44.0 Å². The van der Waals surface area contributed by atoms with E-state index in [4.69, 9.17) is 10.5 Å². The number of likely N-dealkylation sites (tertiary alicyclic amines) is 1. The van der Waals surface area contributed by atoms with Crippen molar-refractivity contribution in [1.82, 2.24) is 9.80 Å². The predicted octanol–water partition coefficient (Wildman–Crippen LogP) is 3.45. The zero-order chi connectivity index (χ0) is 18.2. The van der Waals surface area contributed by atoms with Crippen LogP contribution < -0.4 is 10.5 Å². The van der Waals surface area contributed by atoms with Gasteiger partial charge in [0.25, 0.3) is 5.91 Å². The van der Waals surface area contributed by atoms with Crippen LogP contribution in [0.5, 0.6) is 5.75 Å². The van der Waals surface area contributed by atoms with Crippen molar-refractivity contribution in [3.63, 3.8) is 0 Å². The van der Waals surface area contributed by atoms with Crippen molar-refractivity contribution in [2.75, 3.05) is 39.3 Å². The maximum atomic E-state index is 12.7. The van der Waals surface area contributed by atoms with E-state index in [1.54, 1.807) is 0 Å². The van der Waals surface area contributed by atoms with E-state index in [2.05, 4.69) is 18.7 Å². The van der Waals surface area contributed by atoms with E-state index in [9.17, 15) is 4.79 Å². The largest absolute Gasteiger partial charge is 0.492 e. The molecule has 0 radical (unpaired) electrons. The highest BCUT2D eigenvalue weighted by atomic mass is 35.5. The second kappa shape index (κ2) is 13.2. The van der Waals surface area contributed by atoms with Gasteiger partial charge >= 0.3 is 0 Å². The van der Waals surface area contributed by atoms with Gasteiger partial charge in [-0.3, -0.25) is 4.79 Å². The first kappa shape index (κ1) is 26.0. The van der Waals surface area contributed by atoms with Gasteiger partial charge in [-0.25, -0.2) is 0 Å². The first-order valence-electron chi connectivity index (χ1n) is 9.55. The number of ether oxygens (including phenoxy) is 1. The molecule has 7 heteroatoms. The van der Waals surface area contributed by atoms with Crippen LogP contribution in [0.3, 0.4) is 0 Å². The van der Waals surface area contributed by atoms with Crippen molar-refractivity contribution in [2.24, 2.45) is 11.7 Å². The maximum absolute atomic E-state index is 12.7. The highest BCUT2D eigenvalue weighted by molar-refractivity contribution is 5.94. The molecule has 156 valence electrons. The van der Waals surface area contributed by atoms with E-state index < -0.39 is 0 Å². The fraction of sp³-hybridized carbons (Fsp3) is 0.650. The molecular formula is C20H35Cl2N3O2. The molecule has 1 aromatic rings. The number of nitrogens with two attached hydrogens (primary N) is 1. The molecule has 0 aromatic heterocycles. The van der Waals surface area contributed by atoms with E-state index in [1.807, 2.05) is 36.1 Å². The van der Waals surface area contributed by atoms with Crippen LogP contribution in [0.2, 0.25) is 0 Å². The maximum Gasteiger partial charge on any atom is 0.253 e. The van der Waals surface area contributed by atoms with Crippen LogP contribution in [0.15, 0.2) is 24.3 Å². The molecule has 2 unspecified atom stereocenters. The van der Waals surface area contributed by atoms with Gasteiger partial charge in [-0.1, -0.05) is 13.8 Å². The van der Waals surface area contributed by atoms with Crippen molar-refractivity contribution in [3.8, 4) is 5.75 Å². The average Bonchev–Trinajstić information content (AvgIpc) is 2.65. The predicted molar refractivity (Wildman–Crippen MR) is 116 cm³/mol. The molecule has 2 N–H and O–H groups in total. The topological polar surface area (TPSA) is 58.8 Å². The van der Waals surface area contributed by atoms with Gasteiger partial charge in [-0.05, 0) is 63.0 Å². The van der Waals surface area contributed by atoms with Gasteiger partial charge in [0.2, 0.25) is 0 Å². The molecule has 5 nitrogen and oxygen atoms in total. The number of carbonyl (C=O) groups excluding carboxylic acids is 1. The third kappa shape index (κ3) is 7.86. The van der Waals surface area contributed by atoms with Gasteiger partial charge in [0.15, 0.2) is 0 Å².